The van der Waals surface area contributed by atoms with Crippen molar-refractivity contribution in [2.24, 2.45) is 4.99 Å². The van der Waals surface area contributed by atoms with Crippen LogP contribution in [0.5, 0.6) is 5.75 Å². The van der Waals surface area contributed by atoms with Gasteiger partial charge in [-0.3, -0.25) is 4.99 Å². The molecule has 84 valence electrons. The fourth-order valence-corrected chi connectivity index (χ4v) is 2.85. The van der Waals surface area contributed by atoms with Crippen molar-refractivity contribution in [3.8, 4) is 5.75 Å². The van der Waals surface area contributed by atoms with E-state index in [2.05, 4.69) is 22.4 Å². The molecule has 2 heterocycles. The van der Waals surface area contributed by atoms with E-state index < -0.39 is 0 Å². The lowest BCUT2D eigenvalue weighted by Crippen LogP contribution is -2.29. The van der Waals surface area contributed by atoms with Crippen LogP contribution < -0.4 is 10.1 Å². The second-order valence-electron chi connectivity index (χ2n) is 3.91. The van der Waals surface area contributed by atoms with E-state index in [0.29, 0.717) is 6.04 Å². The Kier molecular flexibility index (Phi) is 2.74. The van der Waals surface area contributed by atoms with Crippen LogP contribution in [-0.2, 0) is 0 Å². The van der Waals surface area contributed by atoms with Crippen molar-refractivity contribution in [1.29, 1.82) is 0 Å². The molecule has 1 unspecified atom stereocenters. The maximum atomic E-state index is 5.63. The van der Waals surface area contributed by atoms with Crippen molar-refractivity contribution in [3.63, 3.8) is 0 Å². The highest BCUT2D eigenvalue weighted by Crippen LogP contribution is 2.32. The molecule has 1 atom stereocenters. The molecule has 0 fully saturated rings. The summed E-state index contributed by atoms with van der Waals surface area (Å²) in [5.41, 5.74) is 1.25. The van der Waals surface area contributed by atoms with E-state index in [0.717, 1.165) is 36.2 Å². The van der Waals surface area contributed by atoms with Gasteiger partial charge in [0.1, 0.15) is 5.75 Å². The van der Waals surface area contributed by atoms with Gasteiger partial charge in [0.15, 0.2) is 5.17 Å². The first-order valence-electron chi connectivity index (χ1n) is 5.59. The first kappa shape index (κ1) is 10.0. The molecule has 1 aromatic rings. The number of nitrogens with one attached hydrogen (secondary N) is 1. The summed E-state index contributed by atoms with van der Waals surface area (Å²) in [5, 5.41) is 4.59. The van der Waals surface area contributed by atoms with Crippen molar-refractivity contribution in [2.45, 2.75) is 12.5 Å². The van der Waals surface area contributed by atoms with Crippen LogP contribution in [-0.4, -0.2) is 24.1 Å². The normalized spacial score (nSPS) is 23.2. The minimum absolute atomic E-state index is 0.356. The van der Waals surface area contributed by atoms with Crippen LogP contribution in [0, 0.1) is 0 Å². The number of thioether (sulfide) groups is 1. The molecule has 4 heteroatoms. The zero-order valence-electron chi connectivity index (χ0n) is 8.98. The number of fused-ring (bicyclic) bond motifs is 1. The number of rotatable bonds is 1. The van der Waals surface area contributed by atoms with Gasteiger partial charge < -0.3 is 10.1 Å². The molecule has 0 aliphatic carbocycles. The van der Waals surface area contributed by atoms with Gasteiger partial charge in [-0.25, -0.2) is 0 Å². The van der Waals surface area contributed by atoms with Gasteiger partial charge in [0.2, 0.25) is 0 Å². The Morgan fingerprint density at radius 1 is 1.38 bits per heavy atom. The van der Waals surface area contributed by atoms with Crippen molar-refractivity contribution >= 4 is 16.9 Å². The van der Waals surface area contributed by atoms with Crippen LogP contribution in [0.3, 0.4) is 0 Å². The number of amidine groups is 1. The average molecular weight is 234 g/mol. The molecule has 3 rings (SSSR count). The van der Waals surface area contributed by atoms with Gasteiger partial charge in [-0.1, -0.05) is 30.0 Å². The van der Waals surface area contributed by atoms with Crippen molar-refractivity contribution < 1.29 is 4.74 Å². The fourth-order valence-electron chi connectivity index (χ4n) is 2.06. The standard InChI is InChI=1S/C12H14N2OS/c1-2-4-11-9(3-1)10(5-7-15-11)14-12-13-6-8-16-12/h1-4,10H,5-8H2,(H,13,14). The molecule has 1 aromatic carbocycles. The third kappa shape index (κ3) is 1.89. The summed E-state index contributed by atoms with van der Waals surface area (Å²) in [6.45, 7) is 1.73. The van der Waals surface area contributed by atoms with E-state index in [9.17, 15) is 0 Å². The predicted octanol–water partition coefficient (Wildman–Crippen LogP) is 2.20. The number of nitrogens with zero attached hydrogens (tertiary/aromatic N) is 1. The SMILES string of the molecule is c1ccc2c(c1)OCCC2NC1=NCCS1. The highest BCUT2D eigenvalue weighted by Gasteiger charge is 2.22. The maximum absolute atomic E-state index is 5.63. The molecule has 2 aliphatic heterocycles. The van der Waals surface area contributed by atoms with Gasteiger partial charge in [0, 0.05) is 17.7 Å². The summed E-state index contributed by atoms with van der Waals surface area (Å²) in [5.74, 6) is 2.11. The number of hydrogen-bond donors (Lipinski definition) is 1. The van der Waals surface area contributed by atoms with Gasteiger partial charge in [-0.2, -0.15) is 0 Å². The molecule has 0 bridgehead atoms. The van der Waals surface area contributed by atoms with Gasteiger partial charge in [0.25, 0.3) is 0 Å². The minimum Gasteiger partial charge on any atom is -0.493 e. The van der Waals surface area contributed by atoms with E-state index in [4.69, 9.17) is 4.74 Å². The fraction of sp³-hybridized carbons (Fsp3) is 0.417. The molecule has 16 heavy (non-hydrogen) atoms. The molecule has 0 saturated carbocycles. The first-order valence-corrected chi connectivity index (χ1v) is 6.57. The Hall–Kier alpha value is -1.16. The Morgan fingerprint density at radius 2 is 2.31 bits per heavy atom. The van der Waals surface area contributed by atoms with Gasteiger partial charge >= 0.3 is 0 Å². The Morgan fingerprint density at radius 3 is 3.19 bits per heavy atom. The van der Waals surface area contributed by atoms with Crippen LogP contribution >= 0.6 is 11.8 Å². The molecular weight excluding hydrogens is 220 g/mol. The molecule has 2 aliphatic rings. The van der Waals surface area contributed by atoms with Crippen molar-refractivity contribution in [1.82, 2.24) is 5.32 Å². The van der Waals surface area contributed by atoms with Crippen molar-refractivity contribution in [3.05, 3.63) is 29.8 Å². The van der Waals surface area contributed by atoms with E-state index >= 15 is 0 Å². The zero-order chi connectivity index (χ0) is 10.8. The number of aliphatic imine (C=N–C) groups is 1. The largest absolute Gasteiger partial charge is 0.493 e. The molecule has 0 radical (unpaired) electrons. The van der Waals surface area contributed by atoms with Gasteiger partial charge in [0.05, 0.1) is 19.2 Å². The Balaban J connectivity index is 1.81. The lowest BCUT2D eigenvalue weighted by Gasteiger charge is -2.27. The van der Waals surface area contributed by atoms with Crippen LogP contribution in [0.1, 0.15) is 18.0 Å². The summed E-state index contributed by atoms with van der Waals surface area (Å²) in [6, 6.07) is 8.60. The van der Waals surface area contributed by atoms with Crippen LogP contribution in [0.25, 0.3) is 0 Å². The molecule has 0 amide bonds. The summed E-state index contributed by atoms with van der Waals surface area (Å²) in [4.78, 5) is 4.43. The zero-order valence-corrected chi connectivity index (χ0v) is 9.80. The molecular formula is C12H14N2OS. The first-order chi connectivity index (χ1) is 7.93. The molecule has 1 N–H and O–H groups in total. The maximum Gasteiger partial charge on any atom is 0.157 e. The predicted molar refractivity (Wildman–Crippen MR) is 67.2 cm³/mol. The van der Waals surface area contributed by atoms with Crippen LogP contribution in [0.4, 0.5) is 0 Å². The summed E-state index contributed by atoms with van der Waals surface area (Å²) in [6.07, 6.45) is 1.01. The van der Waals surface area contributed by atoms with Crippen LogP contribution in [0.2, 0.25) is 0 Å². The number of benzene rings is 1. The third-order valence-corrected chi connectivity index (χ3v) is 3.75. The lowest BCUT2D eigenvalue weighted by atomic mass is 10.0. The lowest BCUT2D eigenvalue weighted by molar-refractivity contribution is 0.262. The monoisotopic (exact) mass is 234 g/mol. The van der Waals surface area contributed by atoms with E-state index in [1.165, 1.54) is 5.56 Å². The summed E-state index contributed by atoms with van der Waals surface area (Å²) < 4.78 is 5.63. The highest BCUT2D eigenvalue weighted by atomic mass is 32.2. The van der Waals surface area contributed by atoms with Gasteiger partial charge in [-0.15, -0.1) is 0 Å². The topological polar surface area (TPSA) is 33.6 Å². The van der Waals surface area contributed by atoms with Gasteiger partial charge in [-0.05, 0) is 6.07 Å². The molecule has 3 nitrogen and oxygen atoms in total. The highest BCUT2D eigenvalue weighted by molar-refractivity contribution is 8.14. The van der Waals surface area contributed by atoms with Crippen LogP contribution in [0.15, 0.2) is 29.3 Å². The summed E-state index contributed by atoms with van der Waals surface area (Å²) >= 11 is 1.81. The second-order valence-corrected chi connectivity index (χ2v) is 4.99. The quantitative estimate of drug-likeness (QED) is 0.808. The van der Waals surface area contributed by atoms with Crippen molar-refractivity contribution in [2.75, 3.05) is 18.9 Å². The third-order valence-electron chi connectivity index (χ3n) is 2.84. The number of ether oxygens (including phenoxy) is 1. The smallest absolute Gasteiger partial charge is 0.157 e. The average Bonchev–Trinajstić information content (AvgIpc) is 2.82. The number of hydrogen-bond acceptors (Lipinski definition) is 4. The number of para-hydroxylation sites is 1. The second kappa shape index (κ2) is 4.37. The minimum atomic E-state index is 0.356. The molecule has 0 spiro atoms. The van der Waals surface area contributed by atoms with E-state index in [1.807, 2.05) is 23.9 Å². The van der Waals surface area contributed by atoms with E-state index in [-0.39, 0.29) is 0 Å². The Labute approximate surface area is 99.3 Å². The molecule has 0 saturated heterocycles. The van der Waals surface area contributed by atoms with E-state index in [1.54, 1.807) is 0 Å². The Bertz CT molecular complexity index is 419. The molecule has 0 aromatic heterocycles. The summed E-state index contributed by atoms with van der Waals surface area (Å²) in [7, 11) is 0.